The van der Waals surface area contributed by atoms with Gasteiger partial charge in [0, 0.05) is 25.7 Å². The predicted molar refractivity (Wildman–Crippen MR) is 381 cm³/mol. The molecule has 0 aliphatic heterocycles. The van der Waals surface area contributed by atoms with Gasteiger partial charge in [-0.25, -0.2) is 9.13 Å². The Kier molecular flexibility index (Phi) is 64.2. The first-order valence-electron chi connectivity index (χ1n) is 36.1. The Bertz CT molecular complexity index is 2220. The molecule has 0 aromatic carbocycles. The van der Waals surface area contributed by atoms with Crippen LogP contribution in [0.3, 0.4) is 0 Å². The minimum absolute atomic E-state index is 0.0729. The van der Waals surface area contributed by atoms with Gasteiger partial charge in [-0.2, -0.15) is 0 Å². The van der Waals surface area contributed by atoms with E-state index in [1.165, 1.54) is 0 Å². The van der Waals surface area contributed by atoms with Crippen molar-refractivity contribution in [1.82, 2.24) is 0 Å². The van der Waals surface area contributed by atoms with Crippen LogP contribution in [0.5, 0.6) is 0 Å². The highest BCUT2D eigenvalue weighted by molar-refractivity contribution is 7.47. The number of ether oxygens (including phenoxy) is 4. The highest BCUT2D eigenvalue weighted by atomic mass is 31.2. The lowest BCUT2D eigenvalue weighted by Gasteiger charge is -2.21. The number of allylic oxidation sites excluding steroid dienone is 18. The van der Waals surface area contributed by atoms with Crippen molar-refractivity contribution in [2.45, 2.75) is 303 Å². The van der Waals surface area contributed by atoms with Crippen molar-refractivity contribution < 1.29 is 80.2 Å². The maximum Gasteiger partial charge on any atom is 0.472 e. The number of phosphoric acid groups is 2. The Labute approximate surface area is 569 Å². The molecule has 3 N–H and O–H groups in total. The smallest absolute Gasteiger partial charge is 0.462 e. The zero-order valence-electron chi connectivity index (χ0n) is 58.6. The van der Waals surface area contributed by atoms with E-state index >= 15 is 0 Å². The molecule has 0 spiro atoms. The van der Waals surface area contributed by atoms with Crippen LogP contribution in [0.4, 0.5) is 0 Å². The summed E-state index contributed by atoms with van der Waals surface area (Å²) < 4.78 is 68.3. The van der Waals surface area contributed by atoms with E-state index in [0.717, 1.165) is 205 Å². The summed E-state index contributed by atoms with van der Waals surface area (Å²) in [4.78, 5) is 72.6. The van der Waals surface area contributed by atoms with Crippen molar-refractivity contribution in [2.24, 2.45) is 0 Å². The van der Waals surface area contributed by atoms with E-state index in [1.807, 2.05) is 0 Å². The van der Waals surface area contributed by atoms with E-state index in [4.69, 9.17) is 37.0 Å². The molecule has 0 fully saturated rings. The lowest BCUT2D eigenvalue weighted by atomic mass is 10.1. The van der Waals surface area contributed by atoms with E-state index in [1.54, 1.807) is 0 Å². The van der Waals surface area contributed by atoms with Crippen molar-refractivity contribution in [3.8, 4) is 0 Å². The third-order valence-corrected chi connectivity index (χ3v) is 16.5. The normalized spacial score (nSPS) is 14.7. The average Bonchev–Trinajstić information content (AvgIpc) is 1.67. The topological polar surface area (TPSA) is 237 Å². The van der Waals surface area contributed by atoms with Gasteiger partial charge in [0.15, 0.2) is 12.2 Å². The van der Waals surface area contributed by atoms with Gasteiger partial charge >= 0.3 is 39.5 Å². The quantitative estimate of drug-likeness (QED) is 0.0169. The van der Waals surface area contributed by atoms with Crippen molar-refractivity contribution in [1.29, 1.82) is 0 Å². The van der Waals surface area contributed by atoms with Crippen molar-refractivity contribution in [3.63, 3.8) is 0 Å². The molecule has 0 aliphatic carbocycles. The Hall–Kier alpha value is -4.28. The maximum atomic E-state index is 13.0. The summed E-state index contributed by atoms with van der Waals surface area (Å²) in [7, 11) is -9.96. The Morgan fingerprint density at radius 1 is 0.309 bits per heavy atom. The van der Waals surface area contributed by atoms with Gasteiger partial charge in [0.05, 0.1) is 26.4 Å². The van der Waals surface area contributed by atoms with Crippen LogP contribution in [-0.4, -0.2) is 96.7 Å². The van der Waals surface area contributed by atoms with E-state index in [0.29, 0.717) is 25.7 Å². The SMILES string of the molecule is CC/C=C\C/C=C\C/C=C\CCCCCCCC(=O)OCC(COP(=O)(O)OCC(O)COP(=O)(O)OCC(COC(=O)CCCCCCC/C=C\C/C=C\CCC)OC(=O)CCCCCCC/C=C\C/C=C\CCC)OC(=O)CCCCCCC/C=C\C/C=C\CCC. The fraction of sp³-hybridized carbons (Fsp3) is 0.707. The monoisotopic (exact) mass is 1360 g/mol. The third kappa shape index (κ3) is 66.3. The molecule has 0 aromatic heterocycles. The summed E-state index contributed by atoms with van der Waals surface area (Å²) >= 11 is 0. The summed E-state index contributed by atoms with van der Waals surface area (Å²) in [5.74, 6) is -2.24. The number of hydrogen-bond acceptors (Lipinski definition) is 15. The molecule has 540 valence electrons. The summed E-state index contributed by atoms with van der Waals surface area (Å²) in [5.41, 5.74) is 0. The molecule has 94 heavy (non-hydrogen) atoms. The fourth-order valence-corrected chi connectivity index (χ4v) is 10.7. The number of hydrogen-bond donors (Lipinski definition) is 3. The van der Waals surface area contributed by atoms with Gasteiger partial charge in [-0.1, -0.05) is 233 Å². The van der Waals surface area contributed by atoms with E-state index in [9.17, 15) is 43.2 Å². The first-order chi connectivity index (χ1) is 45.7. The zero-order valence-corrected chi connectivity index (χ0v) is 60.4. The molecule has 5 atom stereocenters. The van der Waals surface area contributed by atoms with Crippen LogP contribution in [0.2, 0.25) is 0 Å². The molecular weight excluding hydrogens is 1230 g/mol. The highest BCUT2D eigenvalue weighted by Gasteiger charge is 2.30. The predicted octanol–water partition coefficient (Wildman–Crippen LogP) is 20.2. The Morgan fingerprint density at radius 2 is 0.553 bits per heavy atom. The van der Waals surface area contributed by atoms with Gasteiger partial charge in [0.25, 0.3) is 0 Å². The lowest BCUT2D eigenvalue weighted by molar-refractivity contribution is -0.161. The summed E-state index contributed by atoms with van der Waals surface area (Å²) in [6, 6.07) is 0. The van der Waals surface area contributed by atoms with Crippen LogP contribution in [0, 0.1) is 0 Å². The van der Waals surface area contributed by atoms with Crippen LogP contribution >= 0.6 is 15.6 Å². The van der Waals surface area contributed by atoms with Crippen LogP contribution in [-0.2, 0) is 65.4 Å². The molecule has 5 unspecified atom stereocenters. The number of phosphoric ester groups is 2. The number of esters is 4. The molecule has 19 heteroatoms. The van der Waals surface area contributed by atoms with Crippen LogP contribution in [0.1, 0.15) is 285 Å². The van der Waals surface area contributed by atoms with Crippen LogP contribution in [0.25, 0.3) is 0 Å². The number of aliphatic hydroxyl groups is 1. The van der Waals surface area contributed by atoms with Crippen molar-refractivity contribution >= 4 is 39.5 Å². The van der Waals surface area contributed by atoms with E-state index in [2.05, 4.69) is 137 Å². The number of carbonyl (C=O) groups excluding carboxylic acids is 4. The molecule has 17 nitrogen and oxygen atoms in total. The molecular formula is C75H128O17P2. The minimum Gasteiger partial charge on any atom is -0.462 e. The molecule has 0 saturated carbocycles. The average molecular weight is 1360 g/mol. The van der Waals surface area contributed by atoms with Crippen molar-refractivity contribution in [3.05, 3.63) is 109 Å². The van der Waals surface area contributed by atoms with Gasteiger partial charge < -0.3 is 33.8 Å². The van der Waals surface area contributed by atoms with Crippen LogP contribution in [0.15, 0.2) is 109 Å². The zero-order chi connectivity index (χ0) is 69.0. The number of aliphatic hydroxyl groups excluding tert-OH is 1. The number of rotatable bonds is 67. The van der Waals surface area contributed by atoms with Gasteiger partial charge in [-0.3, -0.25) is 37.3 Å². The fourth-order valence-electron chi connectivity index (χ4n) is 9.17. The summed E-state index contributed by atoms with van der Waals surface area (Å²) in [6.07, 6.45) is 69.5. The second kappa shape index (κ2) is 67.3. The first-order valence-corrected chi connectivity index (χ1v) is 39.1. The Balaban J connectivity index is 5.37. The largest absolute Gasteiger partial charge is 0.472 e. The maximum absolute atomic E-state index is 13.0. The number of unbranched alkanes of at least 4 members (excludes halogenated alkanes) is 23. The molecule has 0 aromatic rings. The molecule has 0 radical (unpaired) electrons. The van der Waals surface area contributed by atoms with Gasteiger partial charge in [-0.05, 0) is 135 Å². The first kappa shape index (κ1) is 89.7. The lowest BCUT2D eigenvalue weighted by Crippen LogP contribution is -2.30. The van der Waals surface area contributed by atoms with Gasteiger partial charge in [-0.15, -0.1) is 0 Å². The second-order valence-corrected chi connectivity index (χ2v) is 26.7. The minimum atomic E-state index is -4.98. The molecule has 0 aliphatic rings. The second-order valence-electron chi connectivity index (χ2n) is 23.8. The van der Waals surface area contributed by atoms with E-state index in [-0.39, 0.29) is 25.7 Å². The van der Waals surface area contributed by atoms with Crippen molar-refractivity contribution in [2.75, 3.05) is 39.6 Å². The summed E-state index contributed by atoms with van der Waals surface area (Å²) in [6.45, 7) is 4.48. The van der Waals surface area contributed by atoms with Gasteiger partial charge in [0.1, 0.15) is 19.3 Å². The molecule has 0 heterocycles. The molecule has 0 saturated heterocycles. The third-order valence-electron chi connectivity index (χ3n) is 14.6. The number of carbonyl (C=O) groups is 4. The van der Waals surface area contributed by atoms with Crippen LogP contribution < -0.4 is 0 Å². The standard InChI is InChI=1S/C75H128O17P2/c1-5-9-13-17-21-25-29-33-34-38-40-44-48-52-56-60-73(78)86-66-71(92-75(80)62-58-54-50-46-42-37-32-28-24-20-16-12-8-4)68-90-94(83,84)88-64-69(76)63-87-93(81,82)89-67-70(91-74(79)61-57-53-49-45-41-36-31-27-23-19-15-11-7-3)65-85-72(77)59-55-51-47-43-39-35-30-26-22-18-14-10-6-2/h9,13-16,18-21,25-28,30-34,69-71,76H,5-8,10-12,17,22-24,29,35-68H2,1-4H3,(H,81,82)(H,83,84)/b13-9-,18-14-,19-15-,20-16-,25-21-,30-26-,31-27-,32-28-,34-33-. The van der Waals surface area contributed by atoms with E-state index < -0.39 is 97.5 Å². The summed E-state index contributed by atoms with van der Waals surface area (Å²) in [5, 5.41) is 10.6. The Morgan fingerprint density at radius 3 is 0.851 bits per heavy atom. The molecule has 0 amide bonds. The highest BCUT2D eigenvalue weighted by Crippen LogP contribution is 2.45. The molecule has 0 rings (SSSR count). The molecule has 0 bridgehead atoms. The van der Waals surface area contributed by atoms with Gasteiger partial charge in [0.2, 0.25) is 0 Å².